The van der Waals surface area contributed by atoms with E-state index in [-0.39, 0.29) is 19.6 Å². The molecule has 0 aliphatic rings. The zero-order valence-corrected chi connectivity index (χ0v) is 22.9. The molecule has 0 atom stereocenters. The number of hydrogen-bond acceptors (Lipinski definition) is 4. The van der Waals surface area contributed by atoms with E-state index in [4.69, 9.17) is 23.2 Å². The van der Waals surface area contributed by atoms with E-state index in [0.29, 0.717) is 10.0 Å². The molecule has 0 bridgehead atoms. The van der Waals surface area contributed by atoms with Crippen molar-refractivity contribution < 1.29 is 16.8 Å². The van der Waals surface area contributed by atoms with Crippen LogP contribution in [0.5, 0.6) is 0 Å². The first-order valence-corrected chi connectivity index (χ1v) is 15.2. The first-order valence-electron chi connectivity index (χ1n) is 11.5. The molecule has 0 spiro atoms. The maximum Gasteiger partial charge on any atom is 0.206 e. The van der Waals surface area contributed by atoms with Gasteiger partial charge in [-0.15, -0.1) is 0 Å². The lowest BCUT2D eigenvalue weighted by Gasteiger charge is -2.09. The van der Waals surface area contributed by atoms with E-state index in [1.54, 1.807) is 72.8 Å². The molecule has 5 rings (SSSR count). The second-order valence-corrected chi connectivity index (χ2v) is 13.3. The summed E-state index contributed by atoms with van der Waals surface area (Å²) in [6.07, 6.45) is 0. The zero-order chi connectivity index (χ0) is 26.9. The number of hydrogen-bond donors (Lipinski definition) is 0. The molecule has 4 nitrogen and oxygen atoms in total. The Morgan fingerprint density at radius 1 is 0.316 bits per heavy atom. The third-order valence-corrected chi connectivity index (χ3v) is 10.2. The number of benzene rings is 5. The van der Waals surface area contributed by atoms with Crippen LogP contribution < -0.4 is 0 Å². The van der Waals surface area contributed by atoms with Crippen molar-refractivity contribution in [2.45, 2.75) is 19.6 Å². The van der Waals surface area contributed by atoms with Crippen LogP contribution in [0.25, 0.3) is 22.3 Å². The number of halogens is 2. The Balaban J connectivity index is 1.34. The van der Waals surface area contributed by atoms with Crippen molar-refractivity contribution in [2.24, 2.45) is 0 Å². The van der Waals surface area contributed by atoms with E-state index >= 15 is 0 Å². The summed E-state index contributed by atoms with van der Waals surface area (Å²) in [6, 6.07) is 33.4. The average molecular weight is 580 g/mol. The van der Waals surface area contributed by atoms with E-state index < -0.39 is 19.7 Å². The molecule has 0 saturated heterocycles. The Kier molecular flexibility index (Phi) is 7.16. The lowest BCUT2D eigenvalue weighted by Crippen LogP contribution is -2.01. The highest BCUT2D eigenvalue weighted by atomic mass is 35.5. The highest BCUT2D eigenvalue weighted by Crippen LogP contribution is 2.29. The highest BCUT2D eigenvalue weighted by molar-refractivity contribution is 7.91. The topological polar surface area (TPSA) is 68.3 Å². The molecule has 0 heterocycles. The third kappa shape index (κ3) is 5.26. The standard InChI is InChI=1S/C30H20Cl2O4S2/c31-25-9-17-29(18-10-25)37(33,34)27-13-5-23(6-14-27)21-1-2-22(4-3-21)24-7-15-28(16-8-24)38(35,36)30-19-11-26(32)12-20-30/h1-20H. The van der Waals surface area contributed by atoms with Gasteiger partial charge in [-0.1, -0.05) is 71.7 Å². The molecule has 0 aromatic heterocycles. The summed E-state index contributed by atoms with van der Waals surface area (Å²) in [7, 11) is -7.28. The molecule has 38 heavy (non-hydrogen) atoms. The van der Waals surface area contributed by atoms with Crippen LogP contribution in [0.15, 0.2) is 141 Å². The van der Waals surface area contributed by atoms with Gasteiger partial charge in [0.2, 0.25) is 19.7 Å². The summed E-state index contributed by atoms with van der Waals surface area (Å²) < 4.78 is 51.6. The highest BCUT2D eigenvalue weighted by Gasteiger charge is 2.18. The van der Waals surface area contributed by atoms with E-state index in [0.717, 1.165) is 22.3 Å². The molecule has 0 N–H and O–H groups in total. The Morgan fingerprint density at radius 3 is 0.737 bits per heavy atom. The molecule has 0 unspecified atom stereocenters. The largest absolute Gasteiger partial charge is 0.219 e. The molecule has 5 aromatic carbocycles. The molecule has 0 saturated carbocycles. The average Bonchev–Trinajstić information content (AvgIpc) is 2.94. The van der Waals surface area contributed by atoms with Crippen LogP contribution in [0.1, 0.15) is 0 Å². The maximum absolute atomic E-state index is 12.9. The molecule has 0 aliphatic heterocycles. The third-order valence-electron chi connectivity index (χ3n) is 6.13. The van der Waals surface area contributed by atoms with Gasteiger partial charge in [0, 0.05) is 10.0 Å². The minimum atomic E-state index is -3.64. The molecular formula is C30H20Cl2O4S2. The smallest absolute Gasteiger partial charge is 0.206 e. The summed E-state index contributed by atoms with van der Waals surface area (Å²) in [5.41, 5.74) is 3.59. The van der Waals surface area contributed by atoms with Gasteiger partial charge < -0.3 is 0 Å². The first kappa shape index (κ1) is 26.2. The second-order valence-electron chi connectivity index (χ2n) is 8.54. The fourth-order valence-corrected chi connectivity index (χ4v) is 6.78. The lowest BCUT2D eigenvalue weighted by molar-refractivity contribution is 0.594. The summed E-state index contributed by atoms with van der Waals surface area (Å²) >= 11 is 11.8. The van der Waals surface area contributed by atoms with Gasteiger partial charge in [0.1, 0.15) is 0 Å². The van der Waals surface area contributed by atoms with E-state index in [9.17, 15) is 16.8 Å². The fraction of sp³-hybridized carbons (Fsp3) is 0. The second kappa shape index (κ2) is 10.4. The monoisotopic (exact) mass is 578 g/mol. The summed E-state index contributed by atoms with van der Waals surface area (Å²) in [6.45, 7) is 0. The van der Waals surface area contributed by atoms with Gasteiger partial charge in [0.15, 0.2) is 0 Å². The van der Waals surface area contributed by atoms with Gasteiger partial charge >= 0.3 is 0 Å². The van der Waals surface area contributed by atoms with Crippen molar-refractivity contribution in [1.82, 2.24) is 0 Å². The van der Waals surface area contributed by atoms with Gasteiger partial charge in [-0.05, 0) is 95.1 Å². The Labute approximate surface area is 232 Å². The van der Waals surface area contributed by atoms with Gasteiger partial charge in [0.05, 0.1) is 19.6 Å². The van der Waals surface area contributed by atoms with E-state index in [1.807, 2.05) is 24.3 Å². The van der Waals surface area contributed by atoms with Crippen LogP contribution in [-0.4, -0.2) is 16.8 Å². The number of rotatable bonds is 6. The van der Waals surface area contributed by atoms with Crippen LogP contribution in [-0.2, 0) is 19.7 Å². The normalized spacial score (nSPS) is 11.8. The molecular weight excluding hydrogens is 559 g/mol. The van der Waals surface area contributed by atoms with Crippen molar-refractivity contribution in [1.29, 1.82) is 0 Å². The van der Waals surface area contributed by atoms with Gasteiger partial charge in [-0.25, -0.2) is 16.8 Å². The van der Waals surface area contributed by atoms with Crippen LogP contribution in [0, 0.1) is 0 Å². The molecule has 5 aromatic rings. The summed E-state index contributed by atoms with van der Waals surface area (Å²) in [4.78, 5) is 0.777. The SMILES string of the molecule is O=S(=O)(c1ccc(Cl)cc1)c1ccc(-c2ccc(-c3ccc(S(=O)(=O)c4ccc(Cl)cc4)cc3)cc2)cc1. The summed E-state index contributed by atoms with van der Waals surface area (Å²) in [5.74, 6) is 0. The van der Waals surface area contributed by atoms with Gasteiger partial charge in [-0.2, -0.15) is 0 Å². The molecule has 8 heteroatoms. The molecule has 0 radical (unpaired) electrons. The van der Waals surface area contributed by atoms with Crippen molar-refractivity contribution in [3.05, 3.63) is 131 Å². The minimum absolute atomic E-state index is 0.186. The lowest BCUT2D eigenvalue weighted by atomic mass is 10.0. The molecule has 190 valence electrons. The fourth-order valence-electron chi connectivity index (χ4n) is 4.01. The van der Waals surface area contributed by atoms with E-state index in [1.165, 1.54) is 24.3 Å². The minimum Gasteiger partial charge on any atom is -0.219 e. The van der Waals surface area contributed by atoms with Crippen LogP contribution in [0.3, 0.4) is 0 Å². The quantitative estimate of drug-likeness (QED) is 0.205. The van der Waals surface area contributed by atoms with Gasteiger partial charge in [0.25, 0.3) is 0 Å². The summed E-state index contributed by atoms with van der Waals surface area (Å²) in [5, 5.41) is 0.948. The zero-order valence-electron chi connectivity index (χ0n) is 19.8. The predicted molar refractivity (Wildman–Crippen MR) is 151 cm³/mol. The Morgan fingerprint density at radius 2 is 0.500 bits per heavy atom. The van der Waals surface area contributed by atoms with Crippen molar-refractivity contribution in [3.63, 3.8) is 0 Å². The maximum atomic E-state index is 12.9. The molecule has 0 fully saturated rings. The molecule has 0 aliphatic carbocycles. The van der Waals surface area contributed by atoms with Crippen LogP contribution in [0.2, 0.25) is 10.0 Å². The van der Waals surface area contributed by atoms with Crippen LogP contribution in [0.4, 0.5) is 0 Å². The number of sulfone groups is 2. The van der Waals surface area contributed by atoms with Crippen molar-refractivity contribution in [2.75, 3.05) is 0 Å². The Bertz CT molecular complexity index is 1660. The van der Waals surface area contributed by atoms with Crippen molar-refractivity contribution in [3.8, 4) is 22.3 Å². The van der Waals surface area contributed by atoms with Gasteiger partial charge in [-0.3, -0.25) is 0 Å². The van der Waals surface area contributed by atoms with Crippen LogP contribution >= 0.6 is 23.2 Å². The molecule has 0 amide bonds. The first-order chi connectivity index (χ1) is 18.1. The van der Waals surface area contributed by atoms with Crippen molar-refractivity contribution >= 4 is 42.9 Å². The predicted octanol–water partition coefficient (Wildman–Crippen LogP) is 7.99. The van der Waals surface area contributed by atoms with E-state index in [2.05, 4.69) is 0 Å². The Hall–Kier alpha value is -3.42.